The highest BCUT2D eigenvalue weighted by molar-refractivity contribution is 4.80. The molecule has 2 heteroatoms. The van der Waals surface area contributed by atoms with Crippen molar-refractivity contribution >= 4 is 0 Å². The first-order chi connectivity index (χ1) is 3.29. The zero-order valence-corrected chi connectivity index (χ0v) is 3.43. The molecule has 0 amide bonds. The molecular formula is C4H5NO. The van der Waals surface area contributed by atoms with Gasteiger partial charge in [-0.25, -0.2) is 4.98 Å². The van der Waals surface area contributed by atoms with Crippen molar-refractivity contribution in [2.75, 3.05) is 0 Å². The first kappa shape index (κ1) is 2.39. The quantitative estimate of drug-likeness (QED) is 0.468. The van der Waals surface area contributed by atoms with E-state index in [1.54, 1.807) is 6.92 Å². The number of rotatable bonds is 0. The van der Waals surface area contributed by atoms with Gasteiger partial charge in [-0.3, -0.25) is 0 Å². The Hall–Kier alpha value is -0.790. The predicted octanol–water partition coefficient (Wildman–Crippen LogP) is 0.983. The normalized spacial score (nSPS) is 11.2. The highest BCUT2D eigenvalue weighted by Gasteiger charge is 1.77. The van der Waals surface area contributed by atoms with Crippen LogP contribution in [0.4, 0.5) is 0 Å². The summed E-state index contributed by atoms with van der Waals surface area (Å²) in [6.07, 6.45) is 1.50. The Balaban J connectivity index is 3.04. The molecule has 0 saturated carbocycles. The number of hydrogen-bond donors (Lipinski definition) is 0. The summed E-state index contributed by atoms with van der Waals surface area (Å²) in [6.45, 7) is 1.76. The minimum atomic E-state index is -0.0162. The highest BCUT2D eigenvalue weighted by Crippen LogP contribution is 1.88. The van der Waals surface area contributed by atoms with E-state index in [1.165, 1.54) is 6.20 Å². The van der Waals surface area contributed by atoms with Crippen molar-refractivity contribution in [2.24, 2.45) is 0 Å². The molecule has 32 valence electrons. The summed E-state index contributed by atoms with van der Waals surface area (Å²) in [7, 11) is 0. The Morgan fingerprint density at radius 1 is 2.17 bits per heavy atom. The predicted molar refractivity (Wildman–Crippen MR) is 21.2 cm³/mol. The van der Waals surface area contributed by atoms with Crippen molar-refractivity contribution in [3.05, 3.63) is 18.3 Å². The van der Waals surface area contributed by atoms with Crippen molar-refractivity contribution in [2.45, 2.75) is 6.92 Å². The van der Waals surface area contributed by atoms with E-state index in [9.17, 15) is 0 Å². The van der Waals surface area contributed by atoms with Crippen LogP contribution in [0.1, 0.15) is 7.13 Å². The summed E-state index contributed by atoms with van der Waals surface area (Å²) in [5.74, 6) is 0.685. The van der Waals surface area contributed by atoms with E-state index < -0.39 is 0 Å². The van der Waals surface area contributed by atoms with Crippen molar-refractivity contribution in [1.29, 1.82) is 0 Å². The molecular weight excluding hydrogens is 78.0 g/mol. The zero-order chi connectivity index (χ0) is 5.28. The Bertz CT molecular complexity index is 144. The molecule has 0 bridgehead atoms. The first-order valence-corrected chi connectivity index (χ1v) is 1.68. The molecule has 1 aromatic heterocycles. The number of aromatic nitrogens is 1. The van der Waals surface area contributed by atoms with Crippen LogP contribution in [0.2, 0.25) is 0 Å². The van der Waals surface area contributed by atoms with Gasteiger partial charge in [-0.2, -0.15) is 0 Å². The van der Waals surface area contributed by atoms with Crippen molar-refractivity contribution in [1.82, 2.24) is 4.98 Å². The molecule has 0 atom stereocenters. The fourth-order valence-electron chi connectivity index (χ4n) is 0.242. The molecule has 0 aliphatic carbocycles. The van der Waals surface area contributed by atoms with Crippen LogP contribution in [0.15, 0.2) is 17.0 Å². The van der Waals surface area contributed by atoms with E-state index in [-0.39, 0.29) is 6.37 Å². The topological polar surface area (TPSA) is 26.0 Å². The molecule has 0 fully saturated rings. The van der Waals surface area contributed by atoms with Gasteiger partial charge in [-0.15, -0.1) is 0 Å². The summed E-state index contributed by atoms with van der Waals surface area (Å²) < 4.78 is 11.4. The van der Waals surface area contributed by atoms with Crippen LogP contribution < -0.4 is 0 Å². The molecule has 0 radical (unpaired) electrons. The molecule has 0 spiro atoms. The summed E-state index contributed by atoms with van der Waals surface area (Å²) in [4.78, 5) is 3.52. The molecule has 1 heterocycles. The molecule has 0 aliphatic rings. The Kier molecular flexibility index (Phi) is 0.449. The van der Waals surface area contributed by atoms with Crippen molar-refractivity contribution in [3.8, 4) is 0 Å². The lowest BCUT2D eigenvalue weighted by Gasteiger charge is -1.66. The van der Waals surface area contributed by atoms with Gasteiger partial charge in [0.05, 0.1) is 6.20 Å². The van der Waals surface area contributed by atoms with Crippen LogP contribution >= 0.6 is 0 Å². The largest absolute Gasteiger partial charge is 0.449 e. The van der Waals surface area contributed by atoms with E-state index in [0.717, 1.165) is 0 Å². The molecule has 0 saturated heterocycles. The second-order valence-electron chi connectivity index (χ2n) is 1.06. The molecule has 0 N–H and O–H groups in total. The van der Waals surface area contributed by atoms with Crippen LogP contribution in [0.25, 0.3) is 0 Å². The fourth-order valence-corrected chi connectivity index (χ4v) is 0.242. The van der Waals surface area contributed by atoms with Gasteiger partial charge < -0.3 is 4.42 Å². The van der Waals surface area contributed by atoms with Crippen LogP contribution in [0.3, 0.4) is 0 Å². The molecule has 6 heavy (non-hydrogen) atoms. The lowest BCUT2D eigenvalue weighted by atomic mass is 10.6. The Labute approximate surface area is 37.2 Å². The van der Waals surface area contributed by atoms with Gasteiger partial charge in [0, 0.05) is 0 Å². The summed E-state index contributed by atoms with van der Waals surface area (Å²) in [6, 6.07) is 0. The first-order valence-electron chi connectivity index (χ1n) is 2.18. The van der Waals surface area contributed by atoms with E-state index >= 15 is 0 Å². The van der Waals surface area contributed by atoms with Crippen LogP contribution in [-0.4, -0.2) is 4.98 Å². The number of aryl methyl sites for hydroxylation is 1. The van der Waals surface area contributed by atoms with Gasteiger partial charge in [-0.05, 0) is 6.92 Å². The van der Waals surface area contributed by atoms with Crippen molar-refractivity contribution in [3.63, 3.8) is 0 Å². The third-order valence-corrected chi connectivity index (χ3v) is 0.506. The van der Waals surface area contributed by atoms with E-state index in [2.05, 4.69) is 9.40 Å². The fraction of sp³-hybridized carbons (Fsp3) is 0.250. The number of hydrogen-bond acceptors (Lipinski definition) is 2. The molecule has 0 aromatic carbocycles. The molecule has 2 nitrogen and oxygen atoms in total. The summed E-state index contributed by atoms with van der Waals surface area (Å²) in [5.41, 5.74) is 0. The van der Waals surface area contributed by atoms with Gasteiger partial charge in [-0.1, -0.05) is 0 Å². The average Bonchev–Trinajstić information content (AvgIpc) is 1.87. The van der Waals surface area contributed by atoms with E-state index in [0.29, 0.717) is 5.76 Å². The second-order valence-corrected chi connectivity index (χ2v) is 1.06. The van der Waals surface area contributed by atoms with Crippen LogP contribution in [-0.2, 0) is 0 Å². The van der Waals surface area contributed by atoms with E-state index in [4.69, 9.17) is 1.37 Å². The molecule has 0 unspecified atom stereocenters. The number of oxazole rings is 1. The van der Waals surface area contributed by atoms with Crippen LogP contribution in [0, 0.1) is 6.92 Å². The maximum absolute atomic E-state index is 6.74. The second kappa shape index (κ2) is 1.12. The van der Waals surface area contributed by atoms with Gasteiger partial charge in [0.15, 0.2) is 6.37 Å². The monoisotopic (exact) mass is 84.0 g/mol. The summed E-state index contributed by atoms with van der Waals surface area (Å²) >= 11 is 0. The van der Waals surface area contributed by atoms with Gasteiger partial charge >= 0.3 is 0 Å². The number of nitrogens with zero attached hydrogens (tertiary/aromatic N) is 1. The summed E-state index contributed by atoms with van der Waals surface area (Å²) in [5, 5.41) is 0. The molecule has 1 rings (SSSR count). The minimum absolute atomic E-state index is 0.0162. The lowest BCUT2D eigenvalue weighted by Crippen LogP contribution is -1.50. The van der Waals surface area contributed by atoms with Gasteiger partial charge in [0.1, 0.15) is 7.13 Å². The SMILES string of the molecule is [2H]c1ncc(C)o1. The standard InChI is InChI=1S/C4H5NO/c1-4-2-5-3-6-4/h2-3H,1H3/i3D. The smallest absolute Gasteiger partial charge is 0.180 e. The molecule has 1 aromatic rings. The van der Waals surface area contributed by atoms with Gasteiger partial charge in [0.2, 0.25) is 0 Å². The van der Waals surface area contributed by atoms with Crippen LogP contribution in [0.5, 0.6) is 0 Å². The third kappa shape index (κ3) is 0.407. The van der Waals surface area contributed by atoms with Gasteiger partial charge in [0.25, 0.3) is 0 Å². The zero-order valence-electron chi connectivity index (χ0n) is 4.43. The Morgan fingerprint density at radius 3 is 3.17 bits per heavy atom. The minimum Gasteiger partial charge on any atom is -0.449 e. The maximum atomic E-state index is 6.74. The van der Waals surface area contributed by atoms with Crippen molar-refractivity contribution < 1.29 is 5.79 Å². The lowest BCUT2D eigenvalue weighted by molar-refractivity contribution is 0.527. The highest BCUT2D eigenvalue weighted by atomic mass is 16.3. The molecule has 0 aliphatic heterocycles. The maximum Gasteiger partial charge on any atom is 0.180 e. The van der Waals surface area contributed by atoms with E-state index in [1.807, 2.05) is 0 Å². The third-order valence-electron chi connectivity index (χ3n) is 0.506. The Morgan fingerprint density at radius 2 is 3.00 bits per heavy atom. The average molecular weight is 84.1 g/mol.